The van der Waals surface area contributed by atoms with Gasteiger partial charge in [-0.2, -0.15) is 18.3 Å². The molecule has 0 aliphatic rings. The van der Waals surface area contributed by atoms with Gasteiger partial charge in [-0.05, 0) is 19.1 Å². The molecule has 0 bridgehead atoms. The highest BCUT2D eigenvalue weighted by molar-refractivity contribution is 7.13. The summed E-state index contributed by atoms with van der Waals surface area (Å²) in [7, 11) is 0. The molecule has 0 spiro atoms. The zero-order valence-corrected chi connectivity index (χ0v) is 14.8. The summed E-state index contributed by atoms with van der Waals surface area (Å²) in [6, 6.07) is 1.50. The monoisotopic (exact) mass is 409 g/mol. The zero-order chi connectivity index (χ0) is 19.3. The highest BCUT2D eigenvalue weighted by atomic mass is 35.5. The first-order chi connectivity index (χ1) is 12.2. The molecule has 0 aliphatic carbocycles. The van der Waals surface area contributed by atoms with Crippen LogP contribution in [-0.4, -0.2) is 23.8 Å². The Morgan fingerprint density at radius 2 is 2.19 bits per heavy atom. The lowest BCUT2D eigenvalue weighted by Crippen LogP contribution is -2.11. The largest absolute Gasteiger partial charge is 0.466 e. The van der Waals surface area contributed by atoms with Crippen LogP contribution < -0.4 is 5.43 Å². The molecule has 0 fully saturated rings. The van der Waals surface area contributed by atoms with Gasteiger partial charge in [0.2, 0.25) is 5.13 Å². The second kappa shape index (κ2) is 8.45. The minimum Gasteiger partial charge on any atom is -0.466 e. The van der Waals surface area contributed by atoms with E-state index in [1.165, 1.54) is 0 Å². The normalized spacial score (nSPS) is 11.8. The number of rotatable bonds is 6. The molecule has 26 heavy (non-hydrogen) atoms. The Morgan fingerprint density at radius 1 is 1.46 bits per heavy atom. The molecule has 5 nitrogen and oxygen atoms in total. The van der Waals surface area contributed by atoms with Gasteiger partial charge in [-0.3, -0.25) is 10.2 Å². The smallest absolute Gasteiger partial charge is 0.417 e. The number of anilines is 1. The molecule has 140 valence electrons. The van der Waals surface area contributed by atoms with E-state index in [-0.39, 0.29) is 18.2 Å². The summed E-state index contributed by atoms with van der Waals surface area (Å²) in [6.45, 7) is 1.91. The van der Waals surface area contributed by atoms with Crippen LogP contribution in [0.1, 0.15) is 23.7 Å². The molecule has 0 saturated heterocycles. The molecule has 2 rings (SSSR count). The lowest BCUT2D eigenvalue weighted by Gasteiger charge is -2.11. The van der Waals surface area contributed by atoms with Crippen LogP contribution in [0.25, 0.3) is 0 Å². The Hall–Kier alpha value is -2.20. The van der Waals surface area contributed by atoms with Crippen molar-refractivity contribution in [3.8, 4) is 0 Å². The molecule has 1 aromatic heterocycles. The van der Waals surface area contributed by atoms with Crippen LogP contribution in [0, 0.1) is 5.82 Å². The Morgan fingerprint density at radius 3 is 2.85 bits per heavy atom. The summed E-state index contributed by atoms with van der Waals surface area (Å²) in [6.07, 6.45) is -4.13. The third kappa shape index (κ3) is 5.15. The van der Waals surface area contributed by atoms with Crippen molar-refractivity contribution in [3.63, 3.8) is 0 Å². The molecule has 1 aromatic carbocycles. The van der Waals surface area contributed by atoms with Crippen LogP contribution in [0.5, 0.6) is 0 Å². The molecule has 0 saturated carbocycles. The van der Waals surface area contributed by atoms with Crippen LogP contribution in [0.2, 0.25) is 5.02 Å². The number of alkyl halides is 3. The van der Waals surface area contributed by atoms with E-state index in [0.29, 0.717) is 18.0 Å². The van der Waals surface area contributed by atoms with Crippen LogP contribution in [0.15, 0.2) is 22.6 Å². The number of halogens is 5. The van der Waals surface area contributed by atoms with E-state index in [9.17, 15) is 22.4 Å². The third-order valence-corrected chi connectivity index (χ3v) is 4.06. The second-order valence-electron chi connectivity index (χ2n) is 4.82. The van der Waals surface area contributed by atoms with Gasteiger partial charge >= 0.3 is 12.1 Å². The lowest BCUT2D eigenvalue weighted by molar-refractivity contribution is -0.142. The van der Waals surface area contributed by atoms with Crippen molar-refractivity contribution >= 4 is 40.3 Å². The Labute approximate surface area is 154 Å². The summed E-state index contributed by atoms with van der Waals surface area (Å²) in [5, 5.41) is 4.91. The number of nitrogens with one attached hydrogen (secondary N) is 1. The number of hydrazone groups is 1. The molecule has 1 heterocycles. The van der Waals surface area contributed by atoms with Crippen LogP contribution >= 0.6 is 22.9 Å². The van der Waals surface area contributed by atoms with Crippen molar-refractivity contribution in [2.45, 2.75) is 19.5 Å². The van der Waals surface area contributed by atoms with Crippen LogP contribution in [0.4, 0.5) is 22.7 Å². The lowest BCUT2D eigenvalue weighted by atomic mass is 10.1. The molecule has 1 N–H and O–H groups in total. The number of nitrogens with zero attached hydrogens (tertiary/aromatic N) is 2. The summed E-state index contributed by atoms with van der Waals surface area (Å²) in [5.41, 5.74) is 0.812. The molecule has 0 atom stereocenters. The molecular formula is C15H12ClF4N3O2S. The van der Waals surface area contributed by atoms with Crippen molar-refractivity contribution in [1.29, 1.82) is 0 Å². The Bertz CT molecular complexity index is 824. The number of esters is 1. The van der Waals surface area contributed by atoms with E-state index in [4.69, 9.17) is 16.3 Å². The summed E-state index contributed by atoms with van der Waals surface area (Å²) in [4.78, 5) is 15.4. The van der Waals surface area contributed by atoms with E-state index in [1.807, 2.05) is 0 Å². The maximum atomic E-state index is 13.9. The van der Waals surface area contributed by atoms with Crippen molar-refractivity contribution in [3.05, 3.63) is 45.2 Å². The molecule has 11 heteroatoms. The molecule has 0 unspecified atom stereocenters. The first-order valence-corrected chi connectivity index (χ1v) is 8.42. The standard InChI is InChI=1S/C15H12ClF4N3O2S/c1-2-25-12(24)5-8-7-26-14(22-8)23-21-6-9-10(15(18,19)20)3-4-11(16)13(9)17/h3-4,6-7H,2,5H2,1H3,(H,22,23). The molecular weight excluding hydrogens is 398 g/mol. The van der Waals surface area contributed by atoms with Crippen molar-refractivity contribution in [1.82, 2.24) is 4.98 Å². The molecule has 0 aliphatic heterocycles. The second-order valence-corrected chi connectivity index (χ2v) is 6.08. The molecule has 0 radical (unpaired) electrons. The average molecular weight is 410 g/mol. The van der Waals surface area contributed by atoms with Crippen molar-refractivity contribution < 1.29 is 27.1 Å². The van der Waals surface area contributed by atoms with Gasteiger partial charge in [-0.25, -0.2) is 9.37 Å². The van der Waals surface area contributed by atoms with E-state index in [2.05, 4.69) is 15.5 Å². The van der Waals surface area contributed by atoms with Crippen molar-refractivity contribution in [2.75, 3.05) is 12.0 Å². The average Bonchev–Trinajstić information content (AvgIpc) is 2.97. The van der Waals surface area contributed by atoms with Gasteiger partial charge in [-0.15, -0.1) is 11.3 Å². The maximum Gasteiger partial charge on any atom is 0.417 e. The quantitative estimate of drug-likeness (QED) is 0.330. The predicted molar refractivity (Wildman–Crippen MR) is 90.1 cm³/mol. The zero-order valence-electron chi connectivity index (χ0n) is 13.2. The summed E-state index contributed by atoms with van der Waals surface area (Å²) < 4.78 is 57.6. The van der Waals surface area contributed by atoms with E-state index in [1.54, 1.807) is 12.3 Å². The van der Waals surface area contributed by atoms with Gasteiger partial charge in [0.15, 0.2) is 5.82 Å². The summed E-state index contributed by atoms with van der Waals surface area (Å²) in [5.74, 6) is -1.68. The SMILES string of the molecule is CCOC(=O)Cc1csc(NN=Cc2c(C(F)(F)F)ccc(Cl)c2F)n1. The van der Waals surface area contributed by atoms with E-state index in [0.717, 1.165) is 17.4 Å². The van der Waals surface area contributed by atoms with E-state index >= 15 is 0 Å². The number of benzene rings is 1. The van der Waals surface area contributed by atoms with Gasteiger partial charge in [-0.1, -0.05) is 11.6 Å². The first kappa shape index (κ1) is 20.1. The first-order valence-electron chi connectivity index (χ1n) is 7.16. The summed E-state index contributed by atoms with van der Waals surface area (Å²) >= 11 is 6.61. The maximum absolute atomic E-state index is 13.9. The van der Waals surface area contributed by atoms with Gasteiger partial charge in [0.05, 0.1) is 35.5 Å². The topological polar surface area (TPSA) is 63.6 Å². The number of thiazole rings is 1. The van der Waals surface area contributed by atoms with Gasteiger partial charge in [0.25, 0.3) is 0 Å². The minimum atomic E-state index is -4.76. The number of carbonyl (C=O) groups is 1. The highest BCUT2D eigenvalue weighted by Crippen LogP contribution is 2.34. The highest BCUT2D eigenvalue weighted by Gasteiger charge is 2.34. The third-order valence-electron chi connectivity index (χ3n) is 2.97. The van der Waals surface area contributed by atoms with Gasteiger partial charge < -0.3 is 4.74 Å². The number of aromatic nitrogens is 1. The van der Waals surface area contributed by atoms with Crippen LogP contribution in [0.3, 0.4) is 0 Å². The van der Waals surface area contributed by atoms with Crippen molar-refractivity contribution in [2.24, 2.45) is 5.10 Å². The molecule has 0 amide bonds. The number of carbonyl (C=O) groups excluding carboxylic acids is 1. The van der Waals surface area contributed by atoms with Gasteiger partial charge in [0, 0.05) is 10.9 Å². The Kier molecular flexibility index (Phi) is 6.54. The molecule has 2 aromatic rings. The number of hydrogen-bond donors (Lipinski definition) is 1. The number of hydrogen-bond acceptors (Lipinski definition) is 6. The Balaban J connectivity index is 2.13. The van der Waals surface area contributed by atoms with Gasteiger partial charge in [0.1, 0.15) is 0 Å². The fraction of sp³-hybridized carbons (Fsp3) is 0.267. The van der Waals surface area contributed by atoms with Crippen LogP contribution in [-0.2, 0) is 22.1 Å². The van der Waals surface area contributed by atoms with E-state index < -0.39 is 34.1 Å². The fourth-order valence-corrected chi connectivity index (χ4v) is 2.72. The fourth-order valence-electron chi connectivity index (χ4n) is 1.89. The number of ether oxygens (including phenoxy) is 1. The predicted octanol–water partition coefficient (Wildman–Crippen LogP) is 4.51. The minimum absolute atomic E-state index is 0.0448.